The molecule has 0 aromatic carbocycles. The number of piperidine rings is 2. The van der Waals surface area contributed by atoms with Gasteiger partial charge in [0.15, 0.2) is 0 Å². The van der Waals surface area contributed by atoms with Gasteiger partial charge in [0.1, 0.15) is 6.04 Å². The van der Waals surface area contributed by atoms with Gasteiger partial charge >= 0.3 is 0 Å². The summed E-state index contributed by atoms with van der Waals surface area (Å²) in [5.41, 5.74) is 1.50. The summed E-state index contributed by atoms with van der Waals surface area (Å²) in [6, 6.07) is -0.438. The van der Waals surface area contributed by atoms with Crippen molar-refractivity contribution >= 4 is 17.7 Å². The fourth-order valence-corrected chi connectivity index (χ4v) is 4.87. The standard InChI is InChI=1S/C25H38N4O3/c1-5-28(6-2)17-19-13-15-29(16-14-19)20-8-7-18(3)21(10-9-20)25(32)27(4)22-11-12-23(30)26-24(22)31/h7-10,19-20,22H,5-6,11-17H2,1-4H3,(H,26,30,31). The van der Waals surface area contributed by atoms with Gasteiger partial charge in [-0.1, -0.05) is 38.2 Å². The largest absolute Gasteiger partial charge is 0.330 e. The maximum absolute atomic E-state index is 13.2. The lowest BCUT2D eigenvalue weighted by Gasteiger charge is -2.37. The molecule has 3 amide bonds. The number of amides is 3. The topological polar surface area (TPSA) is 73.0 Å². The molecule has 0 spiro atoms. The third-order valence-corrected chi connectivity index (χ3v) is 7.14. The molecule has 7 heteroatoms. The highest BCUT2D eigenvalue weighted by Gasteiger charge is 2.33. The monoisotopic (exact) mass is 442 g/mol. The molecule has 1 N–H and O–H groups in total. The van der Waals surface area contributed by atoms with Crippen molar-refractivity contribution in [3.05, 3.63) is 35.5 Å². The van der Waals surface area contributed by atoms with E-state index in [2.05, 4.69) is 41.1 Å². The second-order valence-corrected chi connectivity index (χ2v) is 9.15. The van der Waals surface area contributed by atoms with Crippen molar-refractivity contribution in [3.8, 4) is 0 Å². The number of nitrogens with one attached hydrogen (secondary N) is 1. The zero-order chi connectivity index (χ0) is 23.3. The van der Waals surface area contributed by atoms with Crippen LogP contribution in [0.1, 0.15) is 46.5 Å². The van der Waals surface area contributed by atoms with Crippen LogP contribution < -0.4 is 5.32 Å². The van der Waals surface area contributed by atoms with Crippen molar-refractivity contribution in [1.82, 2.24) is 20.0 Å². The summed E-state index contributed by atoms with van der Waals surface area (Å²) < 4.78 is 0. The van der Waals surface area contributed by atoms with Gasteiger partial charge in [-0.3, -0.25) is 24.6 Å². The molecule has 176 valence electrons. The van der Waals surface area contributed by atoms with Crippen LogP contribution in [0.4, 0.5) is 0 Å². The summed E-state index contributed by atoms with van der Waals surface area (Å²) in [6.45, 7) is 11.9. The number of carbonyl (C=O) groups is 3. The van der Waals surface area contributed by atoms with E-state index in [1.54, 1.807) is 7.05 Å². The molecule has 2 unspecified atom stereocenters. The normalized spacial score (nSPS) is 25.3. The van der Waals surface area contributed by atoms with Crippen LogP contribution in [-0.2, 0) is 14.4 Å². The Hall–Kier alpha value is -2.25. The number of carbonyl (C=O) groups excluding carboxylic acids is 3. The number of rotatable bonds is 7. The Morgan fingerprint density at radius 3 is 2.38 bits per heavy atom. The van der Waals surface area contributed by atoms with E-state index >= 15 is 0 Å². The second-order valence-electron chi connectivity index (χ2n) is 9.15. The van der Waals surface area contributed by atoms with Gasteiger partial charge in [-0.25, -0.2) is 0 Å². The van der Waals surface area contributed by atoms with Crippen LogP contribution in [0.2, 0.25) is 0 Å². The Kier molecular flexibility index (Phi) is 8.43. The minimum absolute atomic E-state index is 0.172. The Balaban J connectivity index is 1.60. The van der Waals surface area contributed by atoms with Crippen molar-refractivity contribution < 1.29 is 14.4 Å². The number of allylic oxidation sites excluding steroid dienone is 2. The van der Waals surface area contributed by atoms with Gasteiger partial charge in [0.05, 0.1) is 0 Å². The second kappa shape index (κ2) is 11.1. The van der Waals surface area contributed by atoms with Crippen molar-refractivity contribution in [2.75, 3.05) is 39.8 Å². The van der Waals surface area contributed by atoms with E-state index in [1.165, 1.54) is 24.3 Å². The van der Waals surface area contributed by atoms with E-state index in [0.717, 1.165) is 37.7 Å². The first-order valence-electron chi connectivity index (χ1n) is 12.0. The van der Waals surface area contributed by atoms with E-state index in [1.807, 2.05) is 19.1 Å². The molecule has 3 aliphatic rings. The summed E-state index contributed by atoms with van der Waals surface area (Å²) in [6.07, 6.45) is 11.2. The quantitative estimate of drug-likeness (QED) is 0.612. The number of likely N-dealkylation sites (N-methyl/N-ethyl adjacent to an activating group) is 1. The van der Waals surface area contributed by atoms with Gasteiger partial charge in [-0.15, -0.1) is 0 Å². The van der Waals surface area contributed by atoms with Crippen molar-refractivity contribution in [1.29, 1.82) is 0 Å². The molecule has 3 rings (SSSR count). The average Bonchev–Trinajstić information content (AvgIpc) is 2.98. The molecule has 32 heavy (non-hydrogen) atoms. The maximum Gasteiger partial charge on any atom is 0.254 e. The smallest absolute Gasteiger partial charge is 0.254 e. The molecule has 0 aromatic heterocycles. The fourth-order valence-electron chi connectivity index (χ4n) is 4.87. The summed E-state index contributed by atoms with van der Waals surface area (Å²) in [4.78, 5) is 43.3. The van der Waals surface area contributed by atoms with Crippen LogP contribution in [0.15, 0.2) is 35.5 Å². The minimum Gasteiger partial charge on any atom is -0.330 e. The Labute approximate surface area is 192 Å². The van der Waals surface area contributed by atoms with Crippen LogP contribution in [0, 0.1) is 5.92 Å². The zero-order valence-corrected chi connectivity index (χ0v) is 20.0. The van der Waals surface area contributed by atoms with Crippen LogP contribution in [0.3, 0.4) is 0 Å². The van der Waals surface area contributed by atoms with Crippen molar-refractivity contribution in [3.63, 3.8) is 0 Å². The van der Waals surface area contributed by atoms with E-state index in [-0.39, 0.29) is 24.3 Å². The molecule has 2 heterocycles. The summed E-state index contributed by atoms with van der Waals surface area (Å²) in [5, 5.41) is 2.33. The van der Waals surface area contributed by atoms with Gasteiger partial charge in [0.25, 0.3) is 5.91 Å². The first kappa shape index (κ1) is 24.4. The fraction of sp³-hybridized carbons (Fsp3) is 0.640. The summed E-state index contributed by atoms with van der Waals surface area (Å²) >= 11 is 0. The highest BCUT2D eigenvalue weighted by Crippen LogP contribution is 2.24. The Morgan fingerprint density at radius 1 is 1.09 bits per heavy atom. The SMILES string of the molecule is CCN(CC)CC1CCN(C2C=CC(C)=C(C(=O)N(C)C3CCC(=O)NC3=O)C=C2)CC1. The molecule has 0 aromatic rings. The summed E-state index contributed by atoms with van der Waals surface area (Å²) in [7, 11) is 1.64. The number of nitrogens with zero attached hydrogens (tertiary/aromatic N) is 3. The van der Waals surface area contributed by atoms with Gasteiger partial charge in [0, 0.05) is 31.6 Å². The number of hydrogen-bond donors (Lipinski definition) is 1. The van der Waals surface area contributed by atoms with Gasteiger partial charge < -0.3 is 9.80 Å². The third kappa shape index (κ3) is 5.75. The molecular formula is C25H38N4O3. The van der Waals surface area contributed by atoms with Gasteiger partial charge in [-0.05, 0) is 63.9 Å². The molecule has 2 fully saturated rings. The zero-order valence-electron chi connectivity index (χ0n) is 20.0. The molecular weight excluding hydrogens is 404 g/mol. The van der Waals surface area contributed by atoms with E-state index < -0.39 is 11.9 Å². The lowest BCUT2D eigenvalue weighted by Crippen LogP contribution is -2.53. The first-order chi connectivity index (χ1) is 15.3. The van der Waals surface area contributed by atoms with Crippen LogP contribution in [-0.4, -0.2) is 84.3 Å². The van der Waals surface area contributed by atoms with E-state index in [4.69, 9.17) is 0 Å². The first-order valence-corrected chi connectivity index (χ1v) is 12.0. The molecule has 0 radical (unpaired) electrons. The van der Waals surface area contributed by atoms with Crippen LogP contribution >= 0.6 is 0 Å². The predicted octanol–water partition coefficient (Wildman–Crippen LogP) is 2.11. The molecule has 0 saturated carbocycles. The average molecular weight is 443 g/mol. The molecule has 1 aliphatic carbocycles. The molecule has 2 atom stereocenters. The van der Waals surface area contributed by atoms with Crippen LogP contribution in [0.25, 0.3) is 0 Å². The maximum atomic E-state index is 13.2. The molecule has 0 bridgehead atoms. The molecule has 2 saturated heterocycles. The number of imide groups is 1. The minimum atomic E-state index is -0.609. The molecule has 7 nitrogen and oxygen atoms in total. The highest BCUT2D eigenvalue weighted by molar-refractivity contribution is 6.04. The summed E-state index contributed by atoms with van der Waals surface area (Å²) in [5.74, 6) is -0.0991. The predicted molar refractivity (Wildman–Crippen MR) is 126 cm³/mol. The Morgan fingerprint density at radius 2 is 1.75 bits per heavy atom. The lowest BCUT2D eigenvalue weighted by molar-refractivity contribution is -0.142. The van der Waals surface area contributed by atoms with Crippen molar-refractivity contribution in [2.24, 2.45) is 5.92 Å². The van der Waals surface area contributed by atoms with Crippen LogP contribution in [0.5, 0.6) is 0 Å². The highest BCUT2D eigenvalue weighted by atomic mass is 16.2. The van der Waals surface area contributed by atoms with E-state index in [0.29, 0.717) is 12.0 Å². The van der Waals surface area contributed by atoms with Gasteiger partial charge in [-0.2, -0.15) is 0 Å². The molecule has 2 aliphatic heterocycles. The lowest BCUT2D eigenvalue weighted by atomic mass is 9.95. The Bertz CT molecular complexity index is 804. The third-order valence-electron chi connectivity index (χ3n) is 7.14. The number of likely N-dealkylation sites (tertiary alicyclic amines) is 1. The number of hydrogen-bond acceptors (Lipinski definition) is 5. The van der Waals surface area contributed by atoms with Crippen molar-refractivity contribution in [2.45, 2.75) is 58.5 Å². The van der Waals surface area contributed by atoms with E-state index in [9.17, 15) is 14.4 Å². The van der Waals surface area contributed by atoms with Gasteiger partial charge in [0.2, 0.25) is 11.8 Å².